The van der Waals surface area contributed by atoms with E-state index in [0.29, 0.717) is 22.6 Å². The minimum atomic E-state index is 0.207. The van der Waals surface area contributed by atoms with Crippen LogP contribution in [0.3, 0.4) is 0 Å². The fraction of sp³-hybridized carbons (Fsp3) is 0.364. The van der Waals surface area contributed by atoms with Gasteiger partial charge in [0.05, 0.1) is 4.91 Å². The van der Waals surface area contributed by atoms with Gasteiger partial charge >= 0.3 is 12.2 Å². The lowest BCUT2D eigenvalue weighted by Crippen LogP contribution is -2.11. The number of rotatable bonds is 6. The summed E-state index contributed by atoms with van der Waals surface area (Å²) in [5.41, 5.74) is 0.903. The molecule has 19 heavy (non-hydrogen) atoms. The molecule has 2 aromatic rings. The number of carbonyl (C=O) groups excluding carboxylic acids is 1. The van der Waals surface area contributed by atoms with Gasteiger partial charge in [-0.2, -0.15) is 0 Å². The van der Waals surface area contributed by atoms with Crippen LogP contribution in [-0.2, 0) is 9.63 Å². The summed E-state index contributed by atoms with van der Waals surface area (Å²) in [6, 6.07) is 4.80. The van der Waals surface area contributed by atoms with Crippen molar-refractivity contribution in [3.63, 3.8) is 0 Å². The topological polar surface area (TPSA) is 86.3 Å². The Balaban J connectivity index is 2.33. The van der Waals surface area contributed by atoms with Gasteiger partial charge in [-0.3, -0.25) is 4.79 Å². The Hall–Kier alpha value is -2.51. The van der Waals surface area contributed by atoms with Crippen LogP contribution in [0.15, 0.2) is 18.2 Å². The van der Waals surface area contributed by atoms with Crippen LogP contribution in [0.1, 0.15) is 13.8 Å². The second-order valence-electron chi connectivity index (χ2n) is 4.26. The van der Waals surface area contributed by atoms with Crippen molar-refractivity contribution in [1.29, 1.82) is 0 Å². The number of benzene rings is 1. The molecule has 1 aromatic carbocycles. The van der Waals surface area contributed by atoms with Crippen LogP contribution >= 0.6 is 0 Å². The Labute approximate surface area is 108 Å². The average Bonchev–Trinajstić information content (AvgIpc) is 2.80. The van der Waals surface area contributed by atoms with E-state index in [2.05, 4.69) is 15.1 Å². The van der Waals surface area contributed by atoms with Gasteiger partial charge in [-0.05, 0) is 17.2 Å². The quantitative estimate of drug-likeness (QED) is 0.440. The zero-order chi connectivity index (χ0) is 13.8. The lowest BCUT2D eigenvalue weighted by molar-refractivity contribution is -0.745. The monoisotopic (exact) mass is 265 g/mol. The van der Waals surface area contributed by atoms with Gasteiger partial charge in [0.25, 0.3) is 4.92 Å². The Kier molecular flexibility index (Phi) is 3.69. The molecule has 0 radical (unpaired) electrons. The summed E-state index contributed by atoms with van der Waals surface area (Å²) in [6.45, 7) is 4.38. The molecule has 0 unspecified atom stereocenters. The Morgan fingerprint density at radius 2 is 2.26 bits per heavy atom. The summed E-state index contributed by atoms with van der Waals surface area (Å²) in [6.07, 6.45) is 0. The van der Waals surface area contributed by atoms with Gasteiger partial charge in [-0.25, -0.2) is 4.84 Å². The van der Waals surface area contributed by atoms with Gasteiger partial charge in [0.15, 0.2) is 12.1 Å². The van der Waals surface area contributed by atoms with E-state index in [-0.39, 0.29) is 18.1 Å². The van der Waals surface area contributed by atoms with Gasteiger partial charge in [0.1, 0.15) is 5.52 Å². The van der Waals surface area contributed by atoms with E-state index >= 15 is 0 Å². The summed E-state index contributed by atoms with van der Waals surface area (Å²) in [5, 5.41) is 7.41. The molecule has 100 valence electrons. The predicted octanol–water partition coefficient (Wildman–Crippen LogP) is 1.01. The van der Waals surface area contributed by atoms with Crippen LogP contribution in [0.25, 0.3) is 11.0 Å². The highest BCUT2D eigenvalue weighted by Crippen LogP contribution is 2.23. The summed E-state index contributed by atoms with van der Waals surface area (Å²) < 4.78 is 0. The van der Waals surface area contributed by atoms with E-state index in [0.717, 1.165) is 4.85 Å². The summed E-state index contributed by atoms with van der Waals surface area (Å²) >= 11 is 0. The van der Waals surface area contributed by atoms with Crippen molar-refractivity contribution in [2.24, 2.45) is 5.92 Å². The van der Waals surface area contributed by atoms with Crippen LogP contribution in [-0.4, -0.2) is 33.2 Å². The van der Waals surface area contributed by atoms with Crippen molar-refractivity contribution in [1.82, 2.24) is 15.2 Å². The molecule has 2 rings (SSSR count). The van der Waals surface area contributed by atoms with Gasteiger partial charge in [-0.1, -0.05) is 24.8 Å². The molecule has 8 heteroatoms. The third-order valence-corrected chi connectivity index (χ3v) is 2.29. The van der Waals surface area contributed by atoms with Crippen molar-refractivity contribution in [2.45, 2.75) is 13.8 Å². The van der Waals surface area contributed by atoms with E-state index in [4.69, 9.17) is 4.84 Å². The van der Waals surface area contributed by atoms with Crippen LogP contribution in [0.2, 0.25) is 0 Å². The second kappa shape index (κ2) is 5.42. The van der Waals surface area contributed by atoms with E-state index in [9.17, 15) is 9.70 Å². The van der Waals surface area contributed by atoms with E-state index in [1.54, 1.807) is 18.2 Å². The number of aromatic nitrogens is 3. The third kappa shape index (κ3) is 2.67. The minimum absolute atomic E-state index is 0.207. The van der Waals surface area contributed by atoms with Crippen LogP contribution in [0.4, 0.5) is 5.69 Å². The zero-order valence-corrected chi connectivity index (χ0v) is 10.5. The third-order valence-electron chi connectivity index (χ3n) is 2.29. The predicted molar refractivity (Wildman–Crippen MR) is 64.2 cm³/mol. The molecule has 0 amide bonds. The molecule has 0 atom stereocenters. The molecule has 0 saturated carbocycles. The van der Waals surface area contributed by atoms with Gasteiger partial charge in [0, 0.05) is 6.07 Å². The SMILES string of the molecule is CC(C)CO[N+](=O)c1cccc2c1nnn2OC=O. The van der Waals surface area contributed by atoms with Crippen molar-refractivity contribution in [2.75, 3.05) is 6.61 Å². The average molecular weight is 265 g/mol. The molecule has 1 aromatic heterocycles. The first-order valence-electron chi connectivity index (χ1n) is 5.69. The van der Waals surface area contributed by atoms with Crippen molar-refractivity contribution in [3.05, 3.63) is 23.1 Å². The number of carbonyl (C=O) groups is 1. The molecule has 0 aliphatic rings. The molecule has 0 aliphatic heterocycles. The zero-order valence-electron chi connectivity index (χ0n) is 10.5. The highest BCUT2D eigenvalue weighted by Gasteiger charge is 2.24. The molecule has 0 bridgehead atoms. The first-order valence-corrected chi connectivity index (χ1v) is 5.69. The number of hydrogen-bond donors (Lipinski definition) is 0. The van der Waals surface area contributed by atoms with Crippen LogP contribution < -0.4 is 4.84 Å². The molecule has 1 heterocycles. The van der Waals surface area contributed by atoms with Crippen molar-refractivity contribution in [3.8, 4) is 0 Å². The minimum Gasteiger partial charge on any atom is -0.321 e. The maximum Gasteiger partial charge on any atom is 0.346 e. The lowest BCUT2D eigenvalue weighted by Gasteiger charge is -1.98. The smallest absolute Gasteiger partial charge is 0.321 e. The molecule has 8 nitrogen and oxygen atoms in total. The number of nitrogens with zero attached hydrogens (tertiary/aromatic N) is 4. The standard InChI is InChI=1S/C11H13N4O4/c1-8(2)6-18-15(17)10-5-3-4-9-11(10)12-13-14(9)19-7-16/h3-5,7-8H,6H2,1-2H3/q+1. The molecular weight excluding hydrogens is 252 g/mol. The van der Waals surface area contributed by atoms with Crippen molar-refractivity contribution < 1.29 is 19.4 Å². The normalized spacial score (nSPS) is 10.7. The molecular formula is C11H13N4O4+. The summed E-state index contributed by atoms with van der Waals surface area (Å²) in [4.78, 5) is 33.1. The molecule has 0 N–H and O–H groups in total. The van der Waals surface area contributed by atoms with Gasteiger partial charge in [-0.15, -0.1) is 5.10 Å². The number of fused-ring (bicyclic) bond motifs is 1. The molecule has 0 saturated heterocycles. The fourth-order valence-electron chi connectivity index (χ4n) is 1.46. The Morgan fingerprint density at radius 3 is 2.95 bits per heavy atom. The van der Waals surface area contributed by atoms with Crippen LogP contribution in [0.5, 0.6) is 0 Å². The summed E-state index contributed by atoms with van der Waals surface area (Å²) in [7, 11) is 0. The number of hydrogen-bond acceptors (Lipinski definition) is 6. The van der Waals surface area contributed by atoms with E-state index < -0.39 is 0 Å². The first kappa shape index (κ1) is 12.9. The maximum atomic E-state index is 11.8. The second-order valence-corrected chi connectivity index (χ2v) is 4.26. The van der Waals surface area contributed by atoms with Gasteiger partial charge in [0.2, 0.25) is 0 Å². The van der Waals surface area contributed by atoms with Crippen molar-refractivity contribution >= 4 is 23.2 Å². The summed E-state index contributed by atoms with van der Waals surface area (Å²) in [5.74, 6) is 0.227. The molecule has 0 fully saturated rings. The highest BCUT2D eigenvalue weighted by atomic mass is 16.8. The largest absolute Gasteiger partial charge is 0.346 e. The Bertz CT molecular complexity index is 608. The van der Waals surface area contributed by atoms with E-state index in [1.165, 1.54) is 0 Å². The van der Waals surface area contributed by atoms with E-state index in [1.807, 2.05) is 13.8 Å². The van der Waals surface area contributed by atoms with Gasteiger partial charge < -0.3 is 4.84 Å². The fourth-order valence-corrected chi connectivity index (χ4v) is 1.46. The lowest BCUT2D eigenvalue weighted by atomic mass is 10.2. The Morgan fingerprint density at radius 1 is 1.47 bits per heavy atom. The molecule has 0 aliphatic carbocycles. The highest BCUT2D eigenvalue weighted by molar-refractivity contribution is 5.83. The van der Waals surface area contributed by atoms with Crippen LogP contribution in [0, 0.1) is 10.8 Å². The first-order chi connectivity index (χ1) is 9.13. The molecule has 0 spiro atoms. The maximum absolute atomic E-state index is 11.8.